The smallest absolute Gasteiger partial charge is 0.249 e. The summed E-state index contributed by atoms with van der Waals surface area (Å²) in [6.45, 7) is 2.13. The summed E-state index contributed by atoms with van der Waals surface area (Å²) in [6, 6.07) is 2.82. The van der Waals surface area contributed by atoms with E-state index < -0.39 is 0 Å². The summed E-state index contributed by atoms with van der Waals surface area (Å²) in [5.74, 6) is -0.0431. The quantitative estimate of drug-likeness (QED) is 0.745. The van der Waals surface area contributed by atoms with Crippen LogP contribution < -0.4 is 5.32 Å². The van der Waals surface area contributed by atoms with Crippen molar-refractivity contribution in [1.82, 2.24) is 9.80 Å². The highest BCUT2D eigenvalue weighted by atomic mass is 35.5. The van der Waals surface area contributed by atoms with Crippen molar-refractivity contribution in [3.05, 3.63) is 33.8 Å². The molecule has 1 aliphatic heterocycles. The number of anilines is 1. The Morgan fingerprint density at radius 3 is 2.37 bits per heavy atom. The van der Waals surface area contributed by atoms with Gasteiger partial charge in [0.05, 0.1) is 22.3 Å². The summed E-state index contributed by atoms with van der Waals surface area (Å²) < 4.78 is 0. The first kappa shape index (κ1) is 19.8. The molecule has 6 nitrogen and oxygen atoms in total. The highest BCUT2D eigenvalue weighted by Gasteiger charge is 2.26. The number of hydrogen-bond acceptors (Lipinski definition) is 4. The molecule has 0 spiro atoms. The molecule has 0 radical (unpaired) electrons. The summed E-state index contributed by atoms with van der Waals surface area (Å²) >= 11 is 11.8. The van der Waals surface area contributed by atoms with E-state index in [0.717, 1.165) is 31.3 Å². The number of carbonyl (C=O) groups excluding carboxylic acids is 2. The van der Waals surface area contributed by atoms with E-state index in [-0.39, 0.29) is 29.1 Å². The van der Waals surface area contributed by atoms with E-state index in [4.69, 9.17) is 23.2 Å². The minimum absolute atomic E-state index is 0.0324. The molecule has 1 saturated heterocycles. The van der Waals surface area contributed by atoms with Crippen LogP contribution in [0.1, 0.15) is 25.7 Å². The third kappa shape index (κ3) is 4.87. The van der Waals surface area contributed by atoms with Crippen molar-refractivity contribution < 1.29 is 14.7 Å². The van der Waals surface area contributed by atoms with Gasteiger partial charge in [0.2, 0.25) is 11.8 Å². The monoisotopic (exact) mass is 411 g/mol. The van der Waals surface area contributed by atoms with E-state index >= 15 is 0 Å². The Kier molecular flexibility index (Phi) is 6.50. The molecule has 0 unspecified atom stereocenters. The lowest BCUT2D eigenvalue weighted by Gasteiger charge is -2.35. The van der Waals surface area contributed by atoms with E-state index in [0.29, 0.717) is 36.9 Å². The second kappa shape index (κ2) is 8.85. The fraction of sp³-hybridized carbons (Fsp3) is 0.474. The Bertz CT molecular complexity index is 759. The lowest BCUT2D eigenvalue weighted by atomic mass is 9.98. The van der Waals surface area contributed by atoms with Crippen LogP contribution in [0.2, 0.25) is 10.0 Å². The molecule has 2 N–H and O–H groups in total. The van der Waals surface area contributed by atoms with Crippen LogP contribution in [0.15, 0.2) is 23.8 Å². The number of piperazine rings is 1. The number of amides is 2. The average Bonchev–Trinajstić information content (AvgIpc) is 2.69. The van der Waals surface area contributed by atoms with E-state index in [1.54, 1.807) is 4.90 Å². The maximum atomic E-state index is 12.5. The number of carbonyl (C=O) groups is 2. The molecule has 0 aromatic heterocycles. The van der Waals surface area contributed by atoms with Crippen LogP contribution in [0.25, 0.3) is 0 Å². The van der Waals surface area contributed by atoms with Gasteiger partial charge in [0.1, 0.15) is 5.75 Å². The Balaban J connectivity index is 1.49. The highest BCUT2D eigenvalue weighted by Crippen LogP contribution is 2.33. The Morgan fingerprint density at radius 1 is 1.04 bits per heavy atom. The molecule has 3 rings (SSSR count). The van der Waals surface area contributed by atoms with Crippen LogP contribution in [0.4, 0.5) is 5.69 Å². The van der Waals surface area contributed by atoms with Crippen molar-refractivity contribution >= 4 is 40.7 Å². The van der Waals surface area contributed by atoms with Gasteiger partial charge in [-0.2, -0.15) is 0 Å². The van der Waals surface area contributed by atoms with Gasteiger partial charge in [0.25, 0.3) is 0 Å². The highest BCUT2D eigenvalue weighted by molar-refractivity contribution is 6.42. The molecule has 0 atom stereocenters. The fourth-order valence-corrected chi connectivity index (χ4v) is 3.68. The molecule has 1 heterocycles. The topological polar surface area (TPSA) is 72.9 Å². The zero-order valence-corrected chi connectivity index (χ0v) is 16.5. The molecule has 27 heavy (non-hydrogen) atoms. The van der Waals surface area contributed by atoms with Gasteiger partial charge >= 0.3 is 0 Å². The van der Waals surface area contributed by atoms with Gasteiger partial charge in [-0.05, 0) is 31.7 Å². The third-order valence-electron chi connectivity index (χ3n) is 4.95. The first-order valence-corrected chi connectivity index (χ1v) is 9.89. The zero-order valence-electron chi connectivity index (χ0n) is 15.0. The normalized spacial score (nSPS) is 17.5. The predicted octanol–water partition coefficient (Wildman–Crippen LogP) is 3.28. The van der Waals surface area contributed by atoms with E-state index in [1.807, 2.05) is 4.90 Å². The van der Waals surface area contributed by atoms with Gasteiger partial charge in [-0.3, -0.25) is 9.59 Å². The van der Waals surface area contributed by atoms with Crippen LogP contribution in [-0.4, -0.2) is 59.4 Å². The van der Waals surface area contributed by atoms with Gasteiger partial charge < -0.3 is 20.2 Å². The Hall–Kier alpha value is -1.92. The van der Waals surface area contributed by atoms with Crippen LogP contribution in [0, 0.1) is 0 Å². The number of halogens is 2. The molecule has 1 aliphatic carbocycles. The standard InChI is InChI=1S/C19H23Cl2N3O3/c20-14-10-16(17(25)11-15(14)21)22-12-18(26)23-6-8-24(9-7-23)19(27)13-4-2-1-3-5-13/h4,10-11,22,25H,1-3,5-9,12H2. The fourth-order valence-electron chi connectivity index (χ4n) is 3.35. The number of benzene rings is 1. The molecule has 0 bridgehead atoms. The van der Waals surface area contributed by atoms with E-state index in [9.17, 15) is 14.7 Å². The number of allylic oxidation sites excluding steroid dienone is 1. The molecule has 1 aromatic rings. The van der Waals surface area contributed by atoms with Crippen molar-refractivity contribution in [3.8, 4) is 5.75 Å². The molecule has 0 saturated carbocycles. The summed E-state index contributed by atoms with van der Waals surface area (Å²) in [6.07, 6.45) is 6.11. The molecular formula is C19H23Cl2N3O3. The summed E-state index contributed by atoms with van der Waals surface area (Å²) in [5.41, 5.74) is 1.27. The zero-order chi connectivity index (χ0) is 19.4. The number of nitrogens with one attached hydrogen (secondary N) is 1. The largest absolute Gasteiger partial charge is 0.506 e. The third-order valence-corrected chi connectivity index (χ3v) is 5.68. The van der Waals surface area contributed by atoms with Crippen molar-refractivity contribution in [2.24, 2.45) is 0 Å². The number of hydrogen-bond donors (Lipinski definition) is 2. The van der Waals surface area contributed by atoms with Gasteiger partial charge in [-0.25, -0.2) is 0 Å². The Labute approximate surface area is 168 Å². The minimum Gasteiger partial charge on any atom is -0.506 e. The number of nitrogens with zero attached hydrogens (tertiary/aromatic N) is 2. The first-order chi connectivity index (χ1) is 13.0. The Morgan fingerprint density at radius 2 is 1.70 bits per heavy atom. The first-order valence-electron chi connectivity index (χ1n) is 9.13. The second-order valence-electron chi connectivity index (χ2n) is 6.79. The van der Waals surface area contributed by atoms with Crippen molar-refractivity contribution in [1.29, 1.82) is 0 Å². The molecule has 8 heteroatoms. The van der Waals surface area contributed by atoms with Gasteiger partial charge in [-0.15, -0.1) is 0 Å². The van der Waals surface area contributed by atoms with Crippen molar-refractivity contribution in [3.63, 3.8) is 0 Å². The summed E-state index contributed by atoms with van der Waals surface area (Å²) in [7, 11) is 0. The van der Waals surface area contributed by atoms with Crippen LogP contribution in [0.5, 0.6) is 5.75 Å². The van der Waals surface area contributed by atoms with Crippen molar-refractivity contribution in [2.45, 2.75) is 25.7 Å². The van der Waals surface area contributed by atoms with Crippen LogP contribution >= 0.6 is 23.2 Å². The van der Waals surface area contributed by atoms with Crippen LogP contribution in [-0.2, 0) is 9.59 Å². The molecule has 146 valence electrons. The predicted molar refractivity (Wildman–Crippen MR) is 106 cm³/mol. The lowest BCUT2D eigenvalue weighted by Crippen LogP contribution is -2.52. The molecule has 2 amide bonds. The van der Waals surface area contributed by atoms with Crippen LogP contribution in [0.3, 0.4) is 0 Å². The van der Waals surface area contributed by atoms with Gasteiger partial charge in [-0.1, -0.05) is 29.3 Å². The van der Waals surface area contributed by atoms with Gasteiger partial charge in [0.15, 0.2) is 0 Å². The average molecular weight is 412 g/mol. The summed E-state index contributed by atoms with van der Waals surface area (Å²) in [4.78, 5) is 28.5. The number of phenols is 1. The molecular weight excluding hydrogens is 389 g/mol. The number of rotatable bonds is 4. The number of phenolic OH excluding ortho intramolecular Hbond substituents is 1. The molecule has 2 aliphatic rings. The lowest BCUT2D eigenvalue weighted by molar-refractivity contribution is -0.136. The second-order valence-corrected chi connectivity index (χ2v) is 7.60. The van der Waals surface area contributed by atoms with Gasteiger partial charge in [0, 0.05) is 37.8 Å². The summed E-state index contributed by atoms with van der Waals surface area (Å²) in [5, 5.41) is 13.3. The maximum Gasteiger partial charge on any atom is 0.249 e. The van der Waals surface area contributed by atoms with Crippen molar-refractivity contribution in [2.75, 3.05) is 38.0 Å². The molecule has 1 aromatic carbocycles. The number of aromatic hydroxyl groups is 1. The minimum atomic E-state index is -0.0931. The maximum absolute atomic E-state index is 12.5. The molecule has 1 fully saturated rings. The van der Waals surface area contributed by atoms with E-state index in [2.05, 4.69) is 11.4 Å². The SMILES string of the molecule is O=C(CNc1cc(Cl)c(Cl)cc1O)N1CCN(C(=O)C2=CCCCC2)CC1. The van der Waals surface area contributed by atoms with E-state index in [1.165, 1.54) is 12.1 Å².